The molecule has 1 aliphatic heterocycles. The molecule has 2 N–H and O–H groups in total. The van der Waals surface area contributed by atoms with E-state index in [9.17, 15) is 14.4 Å². The maximum atomic E-state index is 14.0. The molecule has 31 heavy (non-hydrogen) atoms. The normalized spacial score (nSPS) is 27.3. The minimum Gasteiger partial charge on any atom is -0.355 e. The summed E-state index contributed by atoms with van der Waals surface area (Å²) in [7, 11) is 0. The number of imide groups is 1. The SMILES string of the molecule is CCCCCCCNC(=O)C12c3ccccc3C(c3ccccc31)C1C(=O)NC(=O)C12. The molecule has 2 atom stereocenters. The smallest absolute Gasteiger partial charge is 0.236 e. The average Bonchev–Trinajstić information content (AvgIpc) is 3.10. The summed E-state index contributed by atoms with van der Waals surface area (Å²) in [6.07, 6.45) is 5.52. The monoisotopic (exact) mass is 416 g/mol. The first-order valence-electron chi connectivity index (χ1n) is 11.4. The van der Waals surface area contributed by atoms with Crippen molar-refractivity contribution in [3.63, 3.8) is 0 Å². The molecule has 0 saturated carbocycles. The molecule has 4 aliphatic rings. The van der Waals surface area contributed by atoms with Crippen molar-refractivity contribution in [2.24, 2.45) is 11.8 Å². The number of carbonyl (C=O) groups is 3. The number of nitrogens with one attached hydrogen (secondary N) is 2. The third kappa shape index (κ3) is 2.72. The number of hydrogen-bond donors (Lipinski definition) is 2. The van der Waals surface area contributed by atoms with Crippen LogP contribution in [0, 0.1) is 11.8 Å². The Morgan fingerprint density at radius 3 is 2.16 bits per heavy atom. The van der Waals surface area contributed by atoms with Crippen LogP contribution in [0.4, 0.5) is 0 Å². The second kappa shape index (κ2) is 7.63. The van der Waals surface area contributed by atoms with Crippen LogP contribution in [-0.2, 0) is 19.8 Å². The van der Waals surface area contributed by atoms with E-state index >= 15 is 0 Å². The number of hydrogen-bond acceptors (Lipinski definition) is 3. The third-order valence-corrected chi connectivity index (χ3v) is 7.38. The number of unbranched alkanes of at least 4 members (excludes halogenated alkanes) is 4. The highest BCUT2D eigenvalue weighted by atomic mass is 16.2. The minimum absolute atomic E-state index is 0.166. The molecule has 2 aromatic carbocycles. The van der Waals surface area contributed by atoms with E-state index in [1.165, 1.54) is 12.8 Å². The number of rotatable bonds is 7. The summed E-state index contributed by atoms with van der Waals surface area (Å²) in [6, 6.07) is 15.7. The lowest BCUT2D eigenvalue weighted by molar-refractivity contribution is -0.136. The van der Waals surface area contributed by atoms with Crippen LogP contribution in [-0.4, -0.2) is 24.3 Å². The van der Waals surface area contributed by atoms with Gasteiger partial charge >= 0.3 is 0 Å². The molecule has 1 fully saturated rings. The predicted octanol–water partition coefficient (Wildman–Crippen LogP) is 3.41. The summed E-state index contributed by atoms with van der Waals surface area (Å²) < 4.78 is 0. The molecule has 3 amide bonds. The van der Waals surface area contributed by atoms with E-state index in [1.807, 2.05) is 48.5 Å². The van der Waals surface area contributed by atoms with Crippen molar-refractivity contribution < 1.29 is 14.4 Å². The highest BCUT2D eigenvalue weighted by Crippen LogP contribution is 2.62. The van der Waals surface area contributed by atoms with Crippen molar-refractivity contribution in [3.05, 3.63) is 70.8 Å². The highest BCUT2D eigenvalue weighted by molar-refractivity contribution is 6.12. The van der Waals surface area contributed by atoms with Crippen LogP contribution in [0.2, 0.25) is 0 Å². The first-order chi connectivity index (χ1) is 15.1. The molecule has 2 aromatic rings. The molecule has 2 bridgehead atoms. The summed E-state index contributed by atoms with van der Waals surface area (Å²) in [5, 5.41) is 5.69. The zero-order valence-electron chi connectivity index (χ0n) is 17.8. The topological polar surface area (TPSA) is 75.3 Å². The van der Waals surface area contributed by atoms with Gasteiger partial charge in [-0.1, -0.05) is 81.1 Å². The van der Waals surface area contributed by atoms with Gasteiger partial charge in [-0.15, -0.1) is 0 Å². The van der Waals surface area contributed by atoms with E-state index in [1.54, 1.807) is 0 Å². The van der Waals surface area contributed by atoms with Gasteiger partial charge in [0, 0.05) is 12.5 Å². The van der Waals surface area contributed by atoms with Crippen LogP contribution in [0.5, 0.6) is 0 Å². The zero-order valence-corrected chi connectivity index (χ0v) is 17.8. The number of amides is 3. The van der Waals surface area contributed by atoms with Crippen LogP contribution in [0.3, 0.4) is 0 Å². The first-order valence-corrected chi connectivity index (χ1v) is 11.4. The van der Waals surface area contributed by atoms with E-state index in [0.29, 0.717) is 6.54 Å². The minimum atomic E-state index is -1.17. The van der Waals surface area contributed by atoms with Gasteiger partial charge in [0.1, 0.15) is 5.41 Å². The fourth-order valence-corrected chi connectivity index (χ4v) is 6.15. The van der Waals surface area contributed by atoms with E-state index in [2.05, 4.69) is 17.6 Å². The van der Waals surface area contributed by atoms with Crippen LogP contribution >= 0.6 is 0 Å². The maximum Gasteiger partial charge on any atom is 0.236 e. The Kier molecular flexibility index (Phi) is 4.92. The van der Waals surface area contributed by atoms with Crippen LogP contribution in [0.15, 0.2) is 48.5 Å². The van der Waals surface area contributed by atoms with Crippen LogP contribution in [0.1, 0.15) is 67.2 Å². The van der Waals surface area contributed by atoms with Gasteiger partial charge in [0.2, 0.25) is 17.7 Å². The van der Waals surface area contributed by atoms with Crippen molar-refractivity contribution in [2.75, 3.05) is 6.54 Å². The highest BCUT2D eigenvalue weighted by Gasteiger charge is 2.68. The molecule has 0 spiro atoms. The van der Waals surface area contributed by atoms with E-state index in [0.717, 1.165) is 41.5 Å². The summed E-state index contributed by atoms with van der Waals surface area (Å²) in [5.41, 5.74) is 2.55. The molecule has 6 rings (SSSR count). The summed E-state index contributed by atoms with van der Waals surface area (Å²) >= 11 is 0. The Labute approximate surface area is 182 Å². The molecule has 160 valence electrons. The molecular weight excluding hydrogens is 388 g/mol. The van der Waals surface area contributed by atoms with E-state index < -0.39 is 17.3 Å². The molecule has 0 aromatic heterocycles. The van der Waals surface area contributed by atoms with Gasteiger partial charge < -0.3 is 5.32 Å². The maximum absolute atomic E-state index is 14.0. The molecule has 0 radical (unpaired) electrons. The predicted molar refractivity (Wildman–Crippen MR) is 117 cm³/mol. The van der Waals surface area contributed by atoms with Gasteiger partial charge in [-0.25, -0.2) is 0 Å². The number of carbonyl (C=O) groups excluding carboxylic acids is 3. The molecule has 3 aliphatic carbocycles. The van der Waals surface area contributed by atoms with Crippen molar-refractivity contribution in [1.29, 1.82) is 0 Å². The van der Waals surface area contributed by atoms with Crippen molar-refractivity contribution in [2.45, 2.75) is 50.4 Å². The molecule has 5 heteroatoms. The van der Waals surface area contributed by atoms with Crippen LogP contribution in [0.25, 0.3) is 0 Å². The van der Waals surface area contributed by atoms with E-state index in [4.69, 9.17) is 0 Å². The quantitative estimate of drug-likeness (QED) is 0.537. The first kappa shape index (κ1) is 20.0. The van der Waals surface area contributed by atoms with Gasteiger partial charge in [0.05, 0.1) is 11.8 Å². The van der Waals surface area contributed by atoms with Gasteiger partial charge in [-0.05, 0) is 28.7 Å². The lowest BCUT2D eigenvalue weighted by Crippen LogP contribution is -2.60. The average molecular weight is 417 g/mol. The zero-order chi connectivity index (χ0) is 21.6. The Morgan fingerprint density at radius 1 is 0.903 bits per heavy atom. The van der Waals surface area contributed by atoms with Crippen molar-refractivity contribution in [3.8, 4) is 0 Å². The summed E-state index contributed by atoms with van der Waals surface area (Å²) in [5.74, 6) is -2.22. The Bertz CT molecular complexity index is 1010. The van der Waals surface area contributed by atoms with Crippen molar-refractivity contribution in [1.82, 2.24) is 10.6 Å². The fraction of sp³-hybridized carbons (Fsp3) is 0.423. The number of benzene rings is 2. The lowest BCUT2D eigenvalue weighted by atomic mass is 9.47. The summed E-state index contributed by atoms with van der Waals surface area (Å²) in [4.78, 5) is 39.9. The second-order valence-electron chi connectivity index (χ2n) is 8.99. The van der Waals surface area contributed by atoms with E-state index in [-0.39, 0.29) is 23.6 Å². The largest absolute Gasteiger partial charge is 0.355 e. The van der Waals surface area contributed by atoms with Gasteiger partial charge in [0.25, 0.3) is 0 Å². The molecule has 2 unspecified atom stereocenters. The Balaban J connectivity index is 1.61. The summed E-state index contributed by atoms with van der Waals surface area (Å²) in [6.45, 7) is 2.75. The molecule has 5 nitrogen and oxygen atoms in total. The van der Waals surface area contributed by atoms with Gasteiger partial charge in [-0.3, -0.25) is 19.7 Å². The Hall–Kier alpha value is -2.95. The second-order valence-corrected chi connectivity index (χ2v) is 8.99. The van der Waals surface area contributed by atoms with Crippen LogP contribution < -0.4 is 10.6 Å². The molecule has 1 saturated heterocycles. The van der Waals surface area contributed by atoms with Gasteiger partial charge in [-0.2, -0.15) is 0 Å². The molecular formula is C26H28N2O3. The lowest BCUT2D eigenvalue weighted by Gasteiger charge is -2.53. The standard InChI is InChI=1S/C26H28N2O3/c1-2-3-4-5-10-15-27-25(31)26-18-13-8-6-11-16(18)20(17-12-7-9-14-19(17)26)21-22(26)24(30)28-23(21)29/h6-9,11-14,20-22H,2-5,10,15H2,1H3,(H,27,31)(H,28,29,30). The fourth-order valence-electron chi connectivity index (χ4n) is 6.15. The molecule has 1 heterocycles. The van der Waals surface area contributed by atoms with Gasteiger partial charge in [0.15, 0.2) is 0 Å². The Morgan fingerprint density at radius 2 is 1.52 bits per heavy atom. The third-order valence-electron chi connectivity index (χ3n) is 7.38. The van der Waals surface area contributed by atoms with Crippen molar-refractivity contribution >= 4 is 17.7 Å².